The molecule has 100 valence electrons. The van der Waals surface area contributed by atoms with E-state index in [4.69, 9.17) is 17.0 Å². The van der Waals surface area contributed by atoms with Crippen molar-refractivity contribution < 1.29 is 14.6 Å². The maximum Gasteiger partial charge on any atom is 0.263 e. The van der Waals surface area contributed by atoms with E-state index < -0.39 is 0 Å². The number of phenols is 1. The lowest BCUT2D eigenvalue weighted by molar-refractivity contribution is -0.115. The SMILES string of the molecule is COc1cc(/C=C2\SC(=S)NC2=O)c(Br)c(Br)c1O. The van der Waals surface area contributed by atoms with Gasteiger partial charge in [-0.3, -0.25) is 4.79 Å². The van der Waals surface area contributed by atoms with Gasteiger partial charge in [0.2, 0.25) is 0 Å². The summed E-state index contributed by atoms with van der Waals surface area (Å²) in [5.41, 5.74) is 0.698. The standard InChI is InChI=1S/C11H7Br2NO3S2/c1-17-5-2-4(7(12)8(13)9(5)15)3-6-10(16)14-11(18)19-6/h2-3,15H,1H3,(H,14,16,18)/b6-3-. The molecule has 0 aliphatic carbocycles. The topological polar surface area (TPSA) is 58.6 Å². The summed E-state index contributed by atoms with van der Waals surface area (Å²) in [5.74, 6) is 0.0774. The molecule has 1 saturated heterocycles. The molecular formula is C11H7Br2NO3S2. The van der Waals surface area contributed by atoms with Crippen LogP contribution in [0.5, 0.6) is 11.5 Å². The molecule has 0 spiro atoms. The van der Waals surface area contributed by atoms with E-state index in [1.165, 1.54) is 18.9 Å². The van der Waals surface area contributed by atoms with Crippen LogP contribution in [0, 0.1) is 0 Å². The average molecular weight is 425 g/mol. The predicted molar refractivity (Wildman–Crippen MR) is 86.4 cm³/mol. The molecular weight excluding hydrogens is 418 g/mol. The van der Waals surface area contributed by atoms with Crippen molar-refractivity contribution in [2.24, 2.45) is 0 Å². The number of rotatable bonds is 2. The maximum absolute atomic E-state index is 11.6. The minimum absolute atomic E-state index is 0.00410. The molecule has 0 unspecified atom stereocenters. The number of benzene rings is 1. The van der Waals surface area contributed by atoms with Gasteiger partial charge in [0.15, 0.2) is 11.5 Å². The Morgan fingerprint density at radius 3 is 2.68 bits per heavy atom. The van der Waals surface area contributed by atoms with Gasteiger partial charge in [0.1, 0.15) is 4.32 Å². The smallest absolute Gasteiger partial charge is 0.263 e. The number of carbonyl (C=O) groups is 1. The van der Waals surface area contributed by atoms with E-state index >= 15 is 0 Å². The molecule has 0 saturated carbocycles. The number of thioether (sulfide) groups is 1. The molecule has 1 aromatic rings. The fourth-order valence-corrected chi connectivity index (χ4v) is 3.31. The first-order chi connectivity index (χ1) is 8.93. The van der Waals surface area contributed by atoms with Gasteiger partial charge >= 0.3 is 0 Å². The average Bonchev–Trinajstić information content (AvgIpc) is 2.68. The summed E-state index contributed by atoms with van der Waals surface area (Å²) in [4.78, 5) is 12.1. The van der Waals surface area contributed by atoms with Gasteiger partial charge in [-0.2, -0.15) is 0 Å². The van der Waals surface area contributed by atoms with Crippen molar-refractivity contribution in [2.45, 2.75) is 0 Å². The van der Waals surface area contributed by atoms with Gasteiger partial charge in [0.25, 0.3) is 5.91 Å². The summed E-state index contributed by atoms with van der Waals surface area (Å²) >= 11 is 12.7. The molecule has 2 N–H and O–H groups in total. The Labute approximate surface area is 135 Å². The van der Waals surface area contributed by atoms with Crippen LogP contribution in [-0.2, 0) is 4.79 Å². The molecule has 1 amide bonds. The van der Waals surface area contributed by atoms with E-state index in [9.17, 15) is 9.90 Å². The summed E-state index contributed by atoms with van der Waals surface area (Å²) in [6.07, 6.45) is 1.68. The molecule has 1 fully saturated rings. The molecule has 2 rings (SSSR count). The fraction of sp³-hybridized carbons (Fsp3) is 0.0909. The molecule has 0 bridgehead atoms. The lowest BCUT2D eigenvalue weighted by atomic mass is 10.2. The van der Waals surface area contributed by atoms with Gasteiger partial charge in [-0.15, -0.1) is 0 Å². The number of methoxy groups -OCH3 is 1. The van der Waals surface area contributed by atoms with E-state index in [2.05, 4.69) is 37.2 Å². The molecule has 1 aromatic carbocycles. The summed E-state index contributed by atoms with van der Waals surface area (Å²) in [7, 11) is 1.46. The van der Waals surface area contributed by atoms with Gasteiger partial charge in [-0.25, -0.2) is 0 Å². The summed E-state index contributed by atoms with van der Waals surface area (Å²) in [6.45, 7) is 0. The van der Waals surface area contributed by atoms with Gasteiger partial charge in [0.05, 0.1) is 16.5 Å². The van der Waals surface area contributed by atoms with Crippen molar-refractivity contribution in [1.82, 2.24) is 5.32 Å². The third-order valence-corrected chi connectivity index (χ3v) is 5.64. The molecule has 1 aliphatic heterocycles. The molecule has 19 heavy (non-hydrogen) atoms. The molecule has 0 aromatic heterocycles. The van der Waals surface area contributed by atoms with Gasteiger partial charge < -0.3 is 15.2 Å². The zero-order valence-electron chi connectivity index (χ0n) is 9.49. The molecule has 0 radical (unpaired) electrons. The highest BCUT2D eigenvalue weighted by Crippen LogP contribution is 2.43. The molecule has 1 heterocycles. The van der Waals surface area contributed by atoms with Crippen molar-refractivity contribution in [3.63, 3.8) is 0 Å². The number of halogens is 2. The van der Waals surface area contributed by atoms with E-state index in [0.717, 1.165) is 0 Å². The van der Waals surface area contributed by atoms with Crippen LogP contribution in [-0.4, -0.2) is 22.4 Å². The minimum atomic E-state index is -0.231. The number of phenolic OH excluding ortho intramolecular Hbond substituents is 1. The zero-order valence-corrected chi connectivity index (χ0v) is 14.3. The Bertz CT molecular complexity index is 616. The monoisotopic (exact) mass is 423 g/mol. The van der Waals surface area contributed by atoms with Gasteiger partial charge in [-0.05, 0) is 49.6 Å². The largest absolute Gasteiger partial charge is 0.503 e. The number of aromatic hydroxyl groups is 1. The number of carbonyl (C=O) groups excluding carboxylic acids is 1. The van der Waals surface area contributed by atoms with E-state index in [-0.39, 0.29) is 11.7 Å². The number of hydrogen-bond acceptors (Lipinski definition) is 5. The molecule has 0 atom stereocenters. The van der Waals surface area contributed by atoms with Crippen LogP contribution < -0.4 is 10.1 Å². The molecule has 8 heteroatoms. The first-order valence-corrected chi connectivity index (χ1v) is 7.75. The third kappa shape index (κ3) is 2.96. The molecule has 4 nitrogen and oxygen atoms in total. The maximum atomic E-state index is 11.6. The van der Waals surface area contributed by atoms with Crippen molar-refractivity contribution in [2.75, 3.05) is 7.11 Å². The van der Waals surface area contributed by atoms with Crippen LogP contribution in [0.1, 0.15) is 5.56 Å². The Morgan fingerprint density at radius 1 is 1.47 bits per heavy atom. The second kappa shape index (κ2) is 5.82. The van der Waals surface area contributed by atoms with Crippen molar-refractivity contribution >= 4 is 72.1 Å². The van der Waals surface area contributed by atoms with Crippen LogP contribution in [0.4, 0.5) is 0 Å². The second-order valence-electron chi connectivity index (χ2n) is 3.50. The van der Waals surface area contributed by atoms with Crippen molar-refractivity contribution in [3.05, 3.63) is 25.5 Å². The van der Waals surface area contributed by atoms with E-state index in [1.54, 1.807) is 12.1 Å². The number of nitrogens with one attached hydrogen (secondary N) is 1. The van der Waals surface area contributed by atoms with Crippen LogP contribution in [0.15, 0.2) is 19.9 Å². The van der Waals surface area contributed by atoms with Crippen LogP contribution >= 0.6 is 55.8 Å². The minimum Gasteiger partial charge on any atom is -0.503 e. The Balaban J connectivity index is 2.52. The van der Waals surface area contributed by atoms with Crippen molar-refractivity contribution in [3.8, 4) is 11.5 Å². The predicted octanol–water partition coefficient (Wildman–Crippen LogP) is 3.41. The number of hydrogen-bond donors (Lipinski definition) is 2. The summed E-state index contributed by atoms with van der Waals surface area (Å²) in [6, 6.07) is 1.63. The van der Waals surface area contributed by atoms with Gasteiger partial charge in [-0.1, -0.05) is 24.0 Å². The first-order valence-electron chi connectivity index (χ1n) is 4.94. The summed E-state index contributed by atoms with van der Waals surface area (Å²) in [5, 5.41) is 12.4. The second-order valence-corrected chi connectivity index (χ2v) is 6.80. The van der Waals surface area contributed by atoms with E-state index in [0.29, 0.717) is 29.5 Å². The van der Waals surface area contributed by atoms with Crippen molar-refractivity contribution in [1.29, 1.82) is 0 Å². The molecule has 1 aliphatic rings. The highest BCUT2D eigenvalue weighted by Gasteiger charge is 2.23. The van der Waals surface area contributed by atoms with E-state index in [1.807, 2.05) is 0 Å². The lowest BCUT2D eigenvalue weighted by Gasteiger charge is -2.10. The highest BCUT2D eigenvalue weighted by molar-refractivity contribution is 9.13. The number of ether oxygens (including phenoxy) is 1. The Kier molecular flexibility index (Phi) is 4.54. The summed E-state index contributed by atoms with van der Waals surface area (Å²) < 4.78 is 6.59. The van der Waals surface area contributed by atoms with Crippen LogP contribution in [0.2, 0.25) is 0 Å². The van der Waals surface area contributed by atoms with Crippen LogP contribution in [0.25, 0.3) is 6.08 Å². The fourth-order valence-electron chi connectivity index (χ4n) is 1.43. The van der Waals surface area contributed by atoms with Gasteiger partial charge in [0, 0.05) is 4.47 Å². The quantitative estimate of drug-likeness (QED) is 0.562. The zero-order chi connectivity index (χ0) is 14.2. The highest BCUT2D eigenvalue weighted by atomic mass is 79.9. The number of amides is 1. The normalized spacial score (nSPS) is 16.9. The first kappa shape index (κ1) is 14.8. The lowest BCUT2D eigenvalue weighted by Crippen LogP contribution is -2.17. The van der Waals surface area contributed by atoms with Crippen LogP contribution in [0.3, 0.4) is 0 Å². The Morgan fingerprint density at radius 2 is 2.16 bits per heavy atom. The third-order valence-electron chi connectivity index (χ3n) is 2.32. The Hall–Kier alpha value is -0.570. The number of thiocarbonyl (C=S) groups is 1.